The normalized spacial score (nSPS) is 24.8. The number of hydrogen-bond donors (Lipinski definition) is 2. The number of nitrogens with one attached hydrogen (secondary N) is 2. The molecule has 2 aliphatic rings. The molecule has 4 rings (SSSR count). The summed E-state index contributed by atoms with van der Waals surface area (Å²) < 4.78 is 11.2. The lowest BCUT2D eigenvalue weighted by molar-refractivity contribution is 0.0992. The van der Waals surface area contributed by atoms with Crippen LogP contribution in [0.4, 0.5) is 0 Å². The topological polar surface area (TPSA) is 97.5 Å². The molecule has 0 aromatic carbocycles. The van der Waals surface area contributed by atoms with E-state index in [4.69, 9.17) is 9.26 Å². The highest BCUT2D eigenvalue weighted by Gasteiger charge is 2.41. The maximum Gasteiger partial charge on any atom is 0.276 e. The average molecular weight is 356 g/mol. The Balaban J connectivity index is 1.33. The van der Waals surface area contributed by atoms with E-state index in [-0.39, 0.29) is 0 Å². The van der Waals surface area contributed by atoms with E-state index in [1.54, 1.807) is 6.20 Å². The molecule has 8 heteroatoms. The smallest absolute Gasteiger partial charge is 0.276 e. The van der Waals surface area contributed by atoms with Gasteiger partial charge in [0.25, 0.3) is 5.89 Å². The third-order valence-corrected chi connectivity index (χ3v) is 4.73. The second kappa shape index (κ2) is 7.82. The molecular formula is C18H24N6O2. The molecule has 3 atom stereocenters. The molecule has 138 valence electrons. The standard InChI is InChI=1S/C18H24N6O2/c1-2-19-18(22-14-11-12-6-7-15(14)25-12)21-10-8-16-23-17(26-24-16)13-5-3-4-9-20-13/h3-5,9,12,14-15H,2,6-8,10-11H2,1H3,(H2,19,21,22). The Bertz CT molecular complexity index is 747. The molecule has 2 N–H and O–H groups in total. The first kappa shape index (κ1) is 17.0. The second-order valence-corrected chi connectivity index (χ2v) is 6.60. The fourth-order valence-corrected chi connectivity index (χ4v) is 3.50. The van der Waals surface area contributed by atoms with Gasteiger partial charge < -0.3 is 19.9 Å². The highest BCUT2D eigenvalue weighted by Crippen LogP contribution is 2.34. The molecule has 0 radical (unpaired) electrons. The van der Waals surface area contributed by atoms with E-state index in [1.165, 1.54) is 6.42 Å². The predicted octanol–water partition coefficient (Wildman–Crippen LogP) is 1.55. The van der Waals surface area contributed by atoms with Gasteiger partial charge in [0.1, 0.15) is 5.69 Å². The van der Waals surface area contributed by atoms with Gasteiger partial charge in [-0.15, -0.1) is 0 Å². The molecule has 0 amide bonds. The maximum atomic E-state index is 5.90. The summed E-state index contributed by atoms with van der Waals surface area (Å²) in [6, 6.07) is 5.95. The quantitative estimate of drug-likeness (QED) is 0.598. The van der Waals surface area contributed by atoms with Crippen LogP contribution in [0.15, 0.2) is 33.9 Å². The predicted molar refractivity (Wildman–Crippen MR) is 96.6 cm³/mol. The van der Waals surface area contributed by atoms with Crippen LogP contribution in [0.25, 0.3) is 11.6 Å². The molecule has 2 bridgehead atoms. The van der Waals surface area contributed by atoms with E-state index in [0.29, 0.717) is 48.6 Å². The second-order valence-electron chi connectivity index (χ2n) is 6.60. The van der Waals surface area contributed by atoms with Crippen LogP contribution in [0, 0.1) is 0 Å². The van der Waals surface area contributed by atoms with Gasteiger partial charge in [-0.05, 0) is 38.3 Å². The Hall–Kier alpha value is -2.48. The van der Waals surface area contributed by atoms with Gasteiger partial charge in [-0.1, -0.05) is 11.2 Å². The number of pyridine rings is 1. The Kier molecular flexibility index (Phi) is 5.10. The van der Waals surface area contributed by atoms with Crippen LogP contribution in [-0.2, 0) is 11.2 Å². The molecule has 8 nitrogen and oxygen atoms in total. The molecule has 0 spiro atoms. The zero-order valence-electron chi connectivity index (χ0n) is 14.9. The van der Waals surface area contributed by atoms with Gasteiger partial charge in [0, 0.05) is 25.7 Å². The van der Waals surface area contributed by atoms with Crippen LogP contribution in [0.3, 0.4) is 0 Å². The SMILES string of the molecule is CCNC(=NCCc1noc(-c2ccccn2)n1)NC1CC2CCC1O2. The molecule has 2 aromatic rings. The number of aromatic nitrogens is 3. The summed E-state index contributed by atoms with van der Waals surface area (Å²) in [5.41, 5.74) is 0.682. The summed E-state index contributed by atoms with van der Waals surface area (Å²) in [5.74, 6) is 1.89. The third-order valence-electron chi connectivity index (χ3n) is 4.73. The van der Waals surface area contributed by atoms with Gasteiger partial charge in [0.2, 0.25) is 0 Å². The van der Waals surface area contributed by atoms with Crippen molar-refractivity contribution in [3.8, 4) is 11.6 Å². The lowest BCUT2D eigenvalue weighted by atomic mass is 9.96. The van der Waals surface area contributed by atoms with Crippen molar-refractivity contribution in [3.63, 3.8) is 0 Å². The number of aliphatic imine (C=N–C) groups is 1. The van der Waals surface area contributed by atoms with Crippen LogP contribution in [0.1, 0.15) is 32.0 Å². The monoisotopic (exact) mass is 356 g/mol. The van der Waals surface area contributed by atoms with Crippen molar-refractivity contribution >= 4 is 5.96 Å². The summed E-state index contributed by atoms with van der Waals surface area (Å²) in [5, 5.41) is 10.8. The zero-order chi connectivity index (χ0) is 17.8. The number of hydrogen-bond acceptors (Lipinski definition) is 6. The van der Waals surface area contributed by atoms with Crippen molar-refractivity contribution < 1.29 is 9.26 Å². The van der Waals surface area contributed by atoms with Gasteiger partial charge in [-0.25, -0.2) is 0 Å². The highest BCUT2D eigenvalue weighted by atomic mass is 16.5. The van der Waals surface area contributed by atoms with Gasteiger partial charge in [0.05, 0.1) is 18.2 Å². The summed E-state index contributed by atoms with van der Waals surface area (Å²) in [6.07, 6.45) is 6.45. The molecular weight excluding hydrogens is 332 g/mol. The van der Waals surface area contributed by atoms with Crippen molar-refractivity contribution in [3.05, 3.63) is 30.2 Å². The van der Waals surface area contributed by atoms with Crippen LogP contribution in [-0.4, -0.2) is 52.4 Å². The molecule has 2 aliphatic heterocycles. The first-order valence-corrected chi connectivity index (χ1v) is 9.26. The van der Waals surface area contributed by atoms with E-state index < -0.39 is 0 Å². The molecule has 26 heavy (non-hydrogen) atoms. The van der Waals surface area contributed by atoms with E-state index >= 15 is 0 Å². The van der Waals surface area contributed by atoms with Gasteiger partial charge in [-0.3, -0.25) is 9.98 Å². The van der Waals surface area contributed by atoms with Crippen molar-refractivity contribution in [2.24, 2.45) is 4.99 Å². The highest BCUT2D eigenvalue weighted by molar-refractivity contribution is 5.80. The first-order chi connectivity index (χ1) is 12.8. The average Bonchev–Trinajstić information content (AvgIpc) is 3.39. The minimum atomic E-state index is 0.321. The van der Waals surface area contributed by atoms with Crippen molar-refractivity contribution in [2.45, 2.75) is 50.9 Å². The van der Waals surface area contributed by atoms with Crippen LogP contribution in [0.2, 0.25) is 0 Å². The van der Waals surface area contributed by atoms with Gasteiger partial charge in [-0.2, -0.15) is 4.98 Å². The Labute approximate surface area is 152 Å². The molecule has 3 unspecified atom stereocenters. The largest absolute Gasteiger partial charge is 0.373 e. The van der Waals surface area contributed by atoms with Crippen molar-refractivity contribution in [2.75, 3.05) is 13.1 Å². The van der Waals surface area contributed by atoms with E-state index in [0.717, 1.165) is 25.3 Å². The molecule has 2 fully saturated rings. The summed E-state index contributed by atoms with van der Waals surface area (Å²) in [4.78, 5) is 13.2. The molecule has 2 saturated heterocycles. The lowest BCUT2D eigenvalue weighted by Crippen LogP contribution is -2.47. The Morgan fingerprint density at radius 1 is 1.35 bits per heavy atom. The minimum absolute atomic E-state index is 0.321. The van der Waals surface area contributed by atoms with E-state index in [2.05, 4.69) is 37.7 Å². The number of fused-ring (bicyclic) bond motifs is 2. The number of ether oxygens (including phenoxy) is 1. The summed E-state index contributed by atoms with van der Waals surface area (Å²) in [7, 11) is 0. The fraction of sp³-hybridized carbons (Fsp3) is 0.556. The van der Waals surface area contributed by atoms with Crippen LogP contribution in [0.5, 0.6) is 0 Å². The fourth-order valence-electron chi connectivity index (χ4n) is 3.50. The molecule has 0 saturated carbocycles. The Morgan fingerprint density at radius 2 is 2.31 bits per heavy atom. The molecule has 4 heterocycles. The van der Waals surface area contributed by atoms with Gasteiger partial charge in [0.15, 0.2) is 11.8 Å². The summed E-state index contributed by atoms with van der Waals surface area (Å²) in [6.45, 7) is 3.46. The zero-order valence-corrected chi connectivity index (χ0v) is 14.9. The van der Waals surface area contributed by atoms with E-state index in [1.807, 2.05) is 18.2 Å². The van der Waals surface area contributed by atoms with Crippen LogP contribution < -0.4 is 10.6 Å². The number of rotatable bonds is 6. The number of nitrogens with zero attached hydrogens (tertiary/aromatic N) is 4. The van der Waals surface area contributed by atoms with E-state index in [9.17, 15) is 0 Å². The first-order valence-electron chi connectivity index (χ1n) is 9.26. The lowest BCUT2D eigenvalue weighted by Gasteiger charge is -2.22. The molecule has 2 aromatic heterocycles. The Morgan fingerprint density at radius 3 is 3.04 bits per heavy atom. The maximum absolute atomic E-state index is 5.90. The molecule has 0 aliphatic carbocycles. The van der Waals surface area contributed by atoms with Crippen molar-refractivity contribution in [1.29, 1.82) is 0 Å². The summed E-state index contributed by atoms with van der Waals surface area (Å²) >= 11 is 0. The number of guanidine groups is 1. The van der Waals surface area contributed by atoms with Crippen LogP contribution >= 0.6 is 0 Å². The minimum Gasteiger partial charge on any atom is -0.373 e. The third kappa shape index (κ3) is 3.85. The van der Waals surface area contributed by atoms with Crippen molar-refractivity contribution in [1.82, 2.24) is 25.8 Å². The van der Waals surface area contributed by atoms with Gasteiger partial charge >= 0.3 is 0 Å².